The molecule has 0 N–H and O–H groups in total. The standard InChI is InChI=1S/C8H8S2/c1-2-3-6-9-8-5-4-7-10-8/h1,4-5,7H,3,6H2. The molecule has 0 nitrogen and oxygen atoms in total. The Morgan fingerprint density at radius 3 is 3.20 bits per heavy atom. The van der Waals surface area contributed by atoms with Crippen LogP contribution in [0.15, 0.2) is 21.7 Å². The fourth-order valence-corrected chi connectivity index (χ4v) is 2.29. The van der Waals surface area contributed by atoms with Crippen LogP contribution >= 0.6 is 23.1 Å². The van der Waals surface area contributed by atoms with Gasteiger partial charge in [0.2, 0.25) is 0 Å². The molecular weight excluding hydrogens is 160 g/mol. The second kappa shape index (κ2) is 4.43. The second-order valence-electron chi connectivity index (χ2n) is 1.73. The number of rotatable bonds is 3. The molecule has 0 spiro atoms. The first kappa shape index (κ1) is 7.71. The molecule has 0 aliphatic rings. The Bertz CT molecular complexity index is 206. The molecule has 0 bridgehead atoms. The van der Waals surface area contributed by atoms with Crippen molar-refractivity contribution in [3.05, 3.63) is 17.5 Å². The summed E-state index contributed by atoms with van der Waals surface area (Å²) >= 11 is 3.60. The smallest absolute Gasteiger partial charge is 0.0598 e. The average Bonchev–Trinajstić information content (AvgIpc) is 2.41. The third-order valence-electron chi connectivity index (χ3n) is 0.986. The third-order valence-corrected chi connectivity index (χ3v) is 3.12. The zero-order valence-corrected chi connectivity index (χ0v) is 7.17. The molecule has 0 aliphatic heterocycles. The van der Waals surface area contributed by atoms with E-state index in [0.717, 1.165) is 12.2 Å². The van der Waals surface area contributed by atoms with Crippen molar-refractivity contribution in [3.63, 3.8) is 0 Å². The molecule has 10 heavy (non-hydrogen) atoms. The molecule has 0 saturated carbocycles. The lowest BCUT2D eigenvalue weighted by atomic mass is 10.5. The van der Waals surface area contributed by atoms with Crippen LogP contribution in [0.1, 0.15) is 6.42 Å². The Morgan fingerprint density at radius 1 is 1.70 bits per heavy atom. The maximum Gasteiger partial charge on any atom is 0.0598 e. The van der Waals surface area contributed by atoms with Gasteiger partial charge in [-0.05, 0) is 11.4 Å². The van der Waals surface area contributed by atoms with E-state index in [1.165, 1.54) is 4.21 Å². The number of thioether (sulfide) groups is 1. The minimum atomic E-state index is 0.864. The summed E-state index contributed by atoms with van der Waals surface area (Å²) in [6.45, 7) is 0. The first-order valence-electron chi connectivity index (χ1n) is 3.03. The van der Waals surface area contributed by atoms with E-state index in [1.807, 2.05) is 11.8 Å². The molecule has 0 saturated heterocycles. The van der Waals surface area contributed by atoms with Gasteiger partial charge in [-0.2, -0.15) is 0 Å². The van der Waals surface area contributed by atoms with Gasteiger partial charge < -0.3 is 0 Å². The zero-order valence-electron chi connectivity index (χ0n) is 5.54. The van der Waals surface area contributed by atoms with Crippen LogP contribution in [-0.2, 0) is 0 Å². The van der Waals surface area contributed by atoms with Crippen LogP contribution < -0.4 is 0 Å². The molecule has 1 aromatic rings. The van der Waals surface area contributed by atoms with Crippen molar-refractivity contribution in [2.24, 2.45) is 0 Å². The topological polar surface area (TPSA) is 0 Å². The largest absolute Gasteiger partial charge is 0.137 e. The summed E-state index contributed by atoms with van der Waals surface area (Å²) in [6, 6.07) is 4.18. The molecule has 1 heterocycles. The molecule has 0 aliphatic carbocycles. The van der Waals surface area contributed by atoms with Gasteiger partial charge in [-0.15, -0.1) is 35.4 Å². The van der Waals surface area contributed by atoms with Crippen molar-refractivity contribution in [2.75, 3.05) is 5.75 Å². The predicted molar refractivity (Wildman–Crippen MR) is 48.5 cm³/mol. The first-order valence-corrected chi connectivity index (χ1v) is 4.90. The van der Waals surface area contributed by atoms with Gasteiger partial charge in [0.25, 0.3) is 0 Å². The molecule has 0 amide bonds. The molecule has 0 unspecified atom stereocenters. The van der Waals surface area contributed by atoms with E-state index >= 15 is 0 Å². The van der Waals surface area contributed by atoms with Crippen LogP contribution in [-0.4, -0.2) is 5.75 Å². The maximum atomic E-state index is 5.11. The molecule has 2 heteroatoms. The van der Waals surface area contributed by atoms with Gasteiger partial charge in [0.05, 0.1) is 4.21 Å². The lowest BCUT2D eigenvalue weighted by molar-refractivity contribution is 1.30. The van der Waals surface area contributed by atoms with Crippen LogP contribution in [0.5, 0.6) is 0 Å². The molecular formula is C8H8S2. The predicted octanol–water partition coefficient (Wildman–Crippen LogP) is 2.86. The summed E-state index contributed by atoms with van der Waals surface area (Å²) in [5.74, 6) is 3.65. The molecule has 52 valence electrons. The van der Waals surface area contributed by atoms with Crippen LogP contribution in [0, 0.1) is 12.3 Å². The van der Waals surface area contributed by atoms with Crippen molar-refractivity contribution in [1.29, 1.82) is 0 Å². The summed E-state index contributed by atoms with van der Waals surface area (Å²) in [7, 11) is 0. The highest BCUT2D eigenvalue weighted by Gasteiger charge is 1.90. The lowest BCUT2D eigenvalue weighted by Crippen LogP contribution is -1.71. The van der Waals surface area contributed by atoms with Gasteiger partial charge in [-0.3, -0.25) is 0 Å². The monoisotopic (exact) mass is 168 g/mol. The highest BCUT2D eigenvalue weighted by molar-refractivity contribution is 8.01. The number of hydrogen-bond donors (Lipinski definition) is 0. The Labute approximate surface area is 69.7 Å². The zero-order chi connectivity index (χ0) is 7.23. The normalized spacial score (nSPS) is 9.10. The Balaban J connectivity index is 2.23. The van der Waals surface area contributed by atoms with Crippen molar-refractivity contribution in [3.8, 4) is 12.3 Å². The summed E-state index contributed by atoms with van der Waals surface area (Å²) in [6.07, 6.45) is 5.97. The Morgan fingerprint density at radius 2 is 2.60 bits per heavy atom. The van der Waals surface area contributed by atoms with Crippen molar-refractivity contribution in [2.45, 2.75) is 10.6 Å². The van der Waals surface area contributed by atoms with Crippen LogP contribution in [0.2, 0.25) is 0 Å². The quantitative estimate of drug-likeness (QED) is 0.380. The van der Waals surface area contributed by atoms with Gasteiger partial charge in [0.15, 0.2) is 0 Å². The highest BCUT2D eigenvalue weighted by atomic mass is 32.2. The maximum absolute atomic E-state index is 5.11. The van der Waals surface area contributed by atoms with Crippen LogP contribution in [0.25, 0.3) is 0 Å². The molecule has 1 rings (SSSR count). The lowest BCUT2D eigenvalue weighted by Gasteiger charge is -1.90. The van der Waals surface area contributed by atoms with E-state index < -0.39 is 0 Å². The fourth-order valence-electron chi connectivity index (χ4n) is 0.556. The van der Waals surface area contributed by atoms with Gasteiger partial charge in [0, 0.05) is 12.2 Å². The minimum absolute atomic E-state index is 0.864. The summed E-state index contributed by atoms with van der Waals surface area (Å²) < 4.78 is 1.36. The molecule has 0 fully saturated rings. The average molecular weight is 168 g/mol. The van der Waals surface area contributed by atoms with Gasteiger partial charge in [0.1, 0.15) is 0 Å². The summed E-state index contributed by atoms with van der Waals surface area (Å²) in [5, 5.41) is 2.08. The molecule has 0 atom stereocenters. The van der Waals surface area contributed by atoms with Crippen LogP contribution in [0.3, 0.4) is 0 Å². The number of hydrogen-bond acceptors (Lipinski definition) is 2. The first-order chi connectivity index (χ1) is 4.93. The SMILES string of the molecule is C#CCCSc1cccs1. The van der Waals surface area contributed by atoms with Gasteiger partial charge >= 0.3 is 0 Å². The van der Waals surface area contributed by atoms with Crippen molar-refractivity contribution in [1.82, 2.24) is 0 Å². The van der Waals surface area contributed by atoms with E-state index in [-0.39, 0.29) is 0 Å². The number of thiophene rings is 1. The van der Waals surface area contributed by atoms with E-state index in [2.05, 4.69) is 23.4 Å². The summed E-state index contributed by atoms with van der Waals surface area (Å²) in [4.78, 5) is 0. The molecule has 1 aromatic heterocycles. The van der Waals surface area contributed by atoms with E-state index in [9.17, 15) is 0 Å². The van der Waals surface area contributed by atoms with Gasteiger partial charge in [-0.1, -0.05) is 6.07 Å². The van der Waals surface area contributed by atoms with E-state index in [4.69, 9.17) is 6.42 Å². The second-order valence-corrected chi connectivity index (χ2v) is 4.08. The van der Waals surface area contributed by atoms with E-state index in [1.54, 1.807) is 11.3 Å². The minimum Gasteiger partial charge on any atom is -0.137 e. The van der Waals surface area contributed by atoms with Gasteiger partial charge in [-0.25, -0.2) is 0 Å². The van der Waals surface area contributed by atoms with Crippen molar-refractivity contribution >= 4 is 23.1 Å². The molecule has 0 aromatic carbocycles. The Kier molecular flexibility index (Phi) is 3.42. The Hall–Kier alpha value is -0.390. The fraction of sp³-hybridized carbons (Fsp3) is 0.250. The molecule has 0 radical (unpaired) electrons. The number of terminal acetylenes is 1. The van der Waals surface area contributed by atoms with Crippen LogP contribution in [0.4, 0.5) is 0 Å². The summed E-state index contributed by atoms with van der Waals surface area (Å²) in [5.41, 5.74) is 0. The third kappa shape index (κ3) is 2.47. The van der Waals surface area contributed by atoms with E-state index in [0.29, 0.717) is 0 Å². The highest BCUT2D eigenvalue weighted by Crippen LogP contribution is 2.23. The van der Waals surface area contributed by atoms with Crippen molar-refractivity contribution < 1.29 is 0 Å².